The van der Waals surface area contributed by atoms with Crippen molar-refractivity contribution >= 4 is 27.5 Å². The summed E-state index contributed by atoms with van der Waals surface area (Å²) in [6, 6.07) is 13.9. The van der Waals surface area contributed by atoms with E-state index in [4.69, 9.17) is 11.6 Å². The van der Waals surface area contributed by atoms with Gasteiger partial charge in [0.25, 0.3) is 5.91 Å². The number of likely N-dealkylation sites (N-methyl/N-ethyl adjacent to an activating group) is 1. The van der Waals surface area contributed by atoms with Crippen molar-refractivity contribution in [1.29, 1.82) is 0 Å². The molecule has 1 amide bonds. The first-order chi connectivity index (χ1) is 13.8. The third-order valence-electron chi connectivity index (χ3n) is 5.19. The summed E-state index contributed by atoms with van der Waals surface area (Å²) in [5, 5.41) is 3.11. The minimum atomic E-state index is -3.76. The van der Waals surface area contributed by atoms with E-state index >= 15 is 0 Å². The van der Waals surface area contributed by atoms with Crippen LogP contribution in [-0.4, -0.2) is 56.8 Å². The fourth-order valence-corrected chi connectivity index (χ4v) is 5.28. The largest absolute Gasteiger partial charge is 0.345 e. The average Bonchev–Trinajstić information content (AvgIpc) is 2.73. The van der Waals surface area contributed by atoms with Gasteiger partial charge >= 0.3 is 0 Å². The summed E-state index contributed by atoms with van der Waals surface area (Å²) in [4.78, 5) is 14.9. The highest BCUT2D eigenvalue weighted by Crippen LogP contribution is 2.27. The maximum atomic E-state index is 13.1. The maximum absolute atomic E-state index is 13.1. The highest BCUT2D eigenvalue weighted by atomic mass is 35.5. The molecule has 3 rings (SSSR count). The van der Waals surface area contributed by atoms with Crippen molar-refractivity contribution in [3.05, 3.63) is 64.7 Å². The molecule has 29 heavy (non-hydrogen) atoms. The fourth-order valence-electron chi connectivity index (χ4n) is 3.36. The number of nitrogens with zero attached hydrogens (tertiary/aromatic N) is 2. The van der Waals surface area contributed by atoms with Crippen LogP contribution < -0.4 is 5.32 Å². The number of hydrogen-bond donors (Lipinski definition) is 1. The van der Waals surface area contributed by atoms with E-state index in [1.165, 1.54) is 16.4 Å². The molecular weight excluding hydrogens is 410 g/mol. The van der Waals surface area contributed by atoms with Gasteiger partial charge in [-0.15, -0.1) is 0 Å². The lowest BCUT2D eigenvalue weighted by Crippen LogP contribution is -2.47. The number of carbonyl (C=O) groups excluding carboxylic acids is 1. The van der Waals surface area contributed by atoms with Crippen LogP contribution in [0.5, 0.6) is 0 Å². The van der Waals surface area contributed by atoms with Gasteiger partial charge in [-0.1, -0.05) is 48.9 Å². The van der Waals surface area contributed by atoms with Gasteiger partial charge in [0.15, 0.2) is 0 Å². The lowest BCUT2D eigenvalue weighted by Gasteiger charge is -2.31. The van der Waals surface area contributed by atoms with E-state index in [2.05, 4.69) is 10.2 Å². The number of halogens is 1. The van der Waals surface area contributed by atoms with Crippen LogP contribution in [0.1, 0.15) is 35.3 Å². The Morgan fingerprint density at radius 2 is 1.76 bits per heavy atom. The summed E-state index contributed by atoms with van der Waals surface area (Å²) in [6.07, 6.45) is 0.718. The molecule has 1 fully saturated rings. The van der Waals surface area contributed by atoms with Crippen LogP contribution in [0.3, 0.4) is 0 Å². The topological polar surface area (TPSA) is 69.7 Å². The molecule has 8 heteroatoms. The monoisotopic (exact) mass is 435 g/mol. The van der Waals surface area contributed by atoms with Gasteiger partial charge in [-0.05, 0) is 37.2 Å². The Hall–Kier alpha value is -1.93. The van der Waals surface area contributed by atoms with Gasteiger partial charge in [-0.2, -0.15) is 4.31 Å². The fraction of sp³-hybridized carbons (Fsp3) is 0.381. The number of nitrogens with one attached hydrogen (secondary N) is 1. The highest BCUT2D eigenvalue weighted by molar-refractivity contribution is 7.89. The van der Waals surface area contributed by atoms with Crippen molar-refractivity contribution in [1.82, 2.24) is 14.5 Å². The molecule has 1 aliphatic rings. The van der Waals surface area contributed by atoms with Gasteiger partial charge < -0.3 is 10.2 Å². The van der Waals surface area contributed by atoms with E-state index in [-0.39, 0.29) is 27.4 Å². The standard InChI is InChI=1S/C21H26ClN3O3S/c1-3-19(16-7-5-4-6-8-16)23-21(26)17-9-10-18(22)20(15-17)29(27,28)25-13-11-24(2)12-14-25/h4-10,15,19H,3,11-14H2,1-2H3,(H,23,26)/t19-/m1/s1. The number of rotatable bonds is 6. The Balaban J connectivity index is 1.83. The van der Waals surface area contributed by atoms with E-state index in [0.717, 1.165) is 12.0 Å². The van der Waals surface area contributed by atoms with Crippen LogP contribution in [0.4, 0.5) is 0 Å². The predicted octanol–water partition coefficient (Wildman–Crippen LogP) is 3.16. The molecule has 2 aromatic carbocycles. The van der Waals surface area contributed by atoms with E-state index in [0.29, 0.717) is 26.2 Å². The van der Waals surface area contributed by atoms with Crippen molar-refractivity contribution in [3.8, 4) is 0 Å². The van der Waals surface area contributed by atoms with Crippen LogP contribution in [0, 0.1) is 0 Å². The van der Waals surface area contributed by atoms with Gasteiger partial charge in [0.05, 0.1) is 11.1 Å². The molecule has 1 saturated heterocycles. The number of amides is 1. The maximum Gasteiger partial charge on any atom is 0.251 e. The quantitative estimate of drug-likeness (QED) is 0.756. The minimum absolute atomic E-state index is 0.0240. The van der Waals surface area contributed by atoms with Crippen LogP contribution in [-0.2, 0) is 10.0 Å². The molecule has 0 bridgehead atoms. The Labute approximate surface area is 177 Å². The van der Waals surface area contributed by atoms with Gasteiger partial charge in [0, 0.05) is 31.7 Å². The zero-order chi connectivity index (χ0) is 21.0. The normalized spacial score (nSPS) is 17.1. The summed E-state index contributed by atoms with van der Waals surface area (Å²) >= 11 is 6.21. The van der Waals surface area contributed by atoms with E-state index in [9.17, 15) is 13.2 Å². The summed E-state index contributed by atoms with van der Waals surface area (Å²) < 4.78 is 27.6. The lowest BCUT2D eigenvalue weighted by molar-refractivity contribution is 0.0935. The molecule has 1 aliphatic heterocycles. The molecule has 6 nitrogen and oxygen atoms in total. The van der Waals surface area contributed by atoms with Gasteiger partial charge in [-0.25, -0.2) is 8.42 Å². The lowest BCUT2D eigenvalue weighted by atomic mass is 10.0. The Morgan fingerprint density at radius 3 is 2.38 bits per heavy atom. The molecule has 0 unspecified atom stereocenters. The average molecular weight is 436 g/mol. The highest BCUT2D eigenvalue weighted by Gasteiger charge is 2.30. The second-order valence-electron chi connectivity index (χ2n) is 7.20. The molecule has 1 heterocycles. The Bertz CT molecular complexity index is 958. The van der Waals surface area contributed by atoms with E-state index < -0.39 is 10.0 Å². The SMILES string of the molecule is CC[C@@H](NC(=O)c1ccc(Cl)c(S(=O)(=O)N2CCN(C)CC2)c1)c1ccccc1. The first-order valence-electron chi connectivity index (χ1n) is 9.67. The molecule has 2 aromatic rings. The molecule has 0 aliphatic carbocycles. The zero-order valence-electron chi connectivity index (χ0n) is 16.6. The smallest absolute Gasteiger partial charge is 0.251 e. The summed E-state index contributed by atoms with van der Waals surface area (Å²) in [7, 11) is -1.81. The molecule has 0 saturated carbocycles. The molecule has 0 spiro atoms. The molecule has 0 radical (unpaired) electrons. The van der Waals surface area contributed by atoms with Crippen LogP contribution >= 0.6 is 11.6 Å². The molecule has 156 valence electrons. The van der Waals surface area contributed by atoms with Crippen LogP contribution in [0.15, 0.2) is 53.4 Å². The van der Waals surface area contributed by atoms with Crippen LogP contribution in [0.25, 0.3) is 0 Å². The molecule has 0 aromatic heterocycles. The number of hydrogen-bond acceptors (Lipinski definition) is 4. The summed E-state index contributed by atoms with van der Waals surface area (Å²) in [6.45, 7) is 4.11. The van der Waals surface area contributed by atoms with Gasteiger partial charge in [0.1, 0.15) is 4.90 Å². The molecule has 1 N–H and O–H groups in total. The first kappa shape index (κ1) is 21.8. The molecule has 1 atom stereocenters. The van der Waals surface area contributed by atoms with E-state index in [1.54, 1.807) is 6.07 Å². The third kappa shape index (κ3) is 4.98. The molecular formula is C21H26ClN3O3S. The number of benzene rings is 2. The zero-order valence-corrected chi connectivity index (χ0v) is 18.2. The van der Waals surface area contributed by atoms with Crippen molar-refractivity contribution in [2.24, 2.45) is 0 Å². The minimum Gasteiger partial charge on any atom is -0.345 e. The number of sulfonamides is 1. The Kier molecular flexibility index (Phi) is 6.95. The van der Waals surface area contributed by atoms with Gasteiger partial charge in [0.2, 0.25) is 10.0 Å². The first-order valence-corrected chi connectivity index (χ1v) is 11.5. The van der Waals surface area contributed by atoms with Crippen molar-refractivity contribution < 1.29 is 13.2 Å². The van der Waals surface area contributed by atoms with Crippen molar-refractivity contribution in [3.63, 3.8) is 0 Å². The summed E-state index contributed by atoms with van der Waals surface area (Å²) in [5.74, 6) is -0.327. The Morgan fingerprint density at radius 1 is 1.10 bits per heavy atom. The van der Waals surface area contributed by atoms with Crippen LogP contribution in [0.2, 0.25) is 5.02 Å². The van der Waals surface area contributed by atoms with Gasteiger partial charge in [-0.3, -0.25) is 4.79 Å². The van der Waals surface area contributed by atoms with E-state index in [1.807, 2.05) is 44.3 Å². The second kappa shape index (κ2) is 9.26. The third-order valence-corrected chi connectivity index (χ3v) is 7.57. The van der Waals surface area contributed by atoms with Crippen molar-refractivity contribution in [2.75, 3.05) is 33.2 Å². The predicted molar refractivity (Wildman–Crippen MR) is 115 cm³/mol. The second-order valence-corrected chi connectivity index (χ2v) is 9.51. The number of piperazine rings is 1. The summed E-state index contributed by atoms with van der Waals surface area (Å²) in [5.41, 5.74) is 1.28. The number of carbonyl (C=O) groups is 1. The van der Waals surface area contributed by atoms with Crippen molar-refractivity contribution in [2.45, 2.75) is 24.3 Å².